The Labute approximate surface area is 177 Å². The monoisotopic (exact) mass is 402 g/mol. The fourth-order valence-corrected chi connectivity index (χ4v) is 4.44. The summed E-state index contributed by atoms with van der Waals surface area (Å²) in [5, 5.41) is 0. The SMILES string of the molecule is C=CCOc1ccc(C2CC(=O)N(c3cccnc3)C3=C2C(=O)CC(C)(C)C3)cc1. The Kier molecular flexibility index (Phi) is 5.29. The Bertz CT molecular complexity index is 1010. The van der Waals surface area contributed by atoms with Crippen molar-refractivity contribution in [1.29, 1.82) is 0 Å². The number of nitrogens with zero attached hydrogens (tertiary/aromatic N) is 2. The summed E-state index contributed by atoms with van der Waals surface area (Å²) in [6.07, 6.45) is 6.47. The second-order valence-corrected chi connectivity index (χ2v) is 8.67. The molecule has 0 saturated heterocycles. The molecule has 4 rings (SSSR count). The van der Waals surface area contributed by atoms with E-state index in [0.29, 0.717) is 25.1 Å². The predicted octanol–water partition coefficient (Wildman–Crippen LogP) is 4.81. The molecule has 1 aliphatic heterocycles. The van der Waals surface area contributed by atoms with Gasteiger partial charge >= 0.3 is 0 Å². The number of hydrogen-bond donors (Lipinski definition) is 0. The van der Waals surface area contributed by atoms with Crippen LogP contribution in [0.5, 0.6) is 5.75 Å². The summed E-state index contributed by atoms with van der Waals surface area (Å²) in [5.74, 6) is 0.615. The van der Waals surface area contributed by atoms with Crippen molar-refractivity contribution >= 4 is 17.4 Å². The number of carbonyl (C=O) groups excluding carboxylic acids is 2. The molecule has 0 bridgehead atoms. The number of amides is 1. The van der Waals surface area contributed by atoms with E-state index in [9.17, 15) is 9.59 Å². The van der Waals surface area contributed by atoms with Gasteiger partial charge in [0.2, 0.25) is 5.91 Å². The van der Waals surface area contributed by atoms with Gasteiger partial charge in [0.1, 0.15) is 12.4 Å². The van der Waals surface area contributed by atoms with E-state index in [0.717, 1.165) is 22.6 Å². The van der Waals surface area contributed by atoms with Crippen LogP contribution in [0.4, 0.5) is 5.69 Å². The predicted molar refractivity (Wildman–Crippen MR) is 116 cm³/mol. The lowest BCUT2D eigenvalue weighted by Crippen LogP contribution is -2.43. The van der Waals surface area contributed by atoms with Crippen molar-refractivity contribution in [3.63, 3.8) is 0 Å². The molecule has 2 heterocycles. The topological polar surface area (TPSA) is 59.5 Å². The standard InChI is InChI=1S/C25H26N2O3/c1-4-12-30-19-9-7-17(8-10-19)20-13-23(29)27(18-6-5-11-26-16-18)21-14-25(2,3)15-22(28)24(20)21/h4-11,16,20H,1,12-15H2,2-3H3. The quantitative estimate of drug-likeness (QED) is 0.674. The smallest absolute Gasteiger partial charge is 0.232 e. The molecule has 1 aliphatic carbocycles. The minimum atomic E-state index is -0.238. The van der Waals surface area contributed by atoms with E-state index in [1.165, 1.54) is 0 Å². The minimum absolute atomic E-state index is 0.00997. The molecular weight excluding hydrogens is 376 g/mol. The van der Waals surface area contributed by atoms with E-state index < -0.39 is 0 Å². The molecule has 0 spiro atoms. The molecule has 30 heavy (non-hydrogen) atoms. The number of ketones is 1. The zero-order valence-electron chi connectivity index (χ0n) is 17.4. The molecule has 5 heteroatoms. The Morgan fingerprint density at radius 1 is 1.20 bits per heavy atom. The lowest BCUT2D eigenvalue weighted by atomic mass is 9.69. The Balaban J connectivity index is 1.79. The van der Waals surface area contributed by atoms with Crippen molar-refractivity contribution in [1.82, 2.24) is 4.98 Å². The lowest BCUT2D eigenvalue weighted by molar-refractivity contribution is -0.121. The van der Waals surface area contributed by atoms with Crippen molar-refractivity contribution in [3.05, 3.63) is 78.3 Å². The van der Waals surface area contributed by atoms with Gasteiger partial charge in [-0.1, -0.05) is 38.6 Å². The zero-order chi connectivity index (χ0) is 21.3. The van der Waals surface area contributed by atoms with Crippen LogP contribution in [-0.4, -0.2) is 23.3 Å². The van der Waals surface area contributed by atoms with Crippen LogP contribution in [0.25, 0.3) is 0 Å². The molecule has 1 aromatic heterocycles. The van der Waals surface area contributed by atoms with E-state index in [1.807, 2.05) is 36.4 Å². The highest BCUT2D eigenvalue weighted by atomic mass is 16.5. The molecule has 1 aromatic carbocycles. The largest absolute Gasteiger partial charge is 0.490 e. The number of carbonyl (C=O) groups is 2. The Morgan fingerprint density at radius 2 is 1.97 bits per heavy atom. The molecule has 1 amide bonds. The van der Waals surface area contributed by atoms with Gasteiger partial charge < -0.3 is 4.74 Å². The van der Waals surface area contributed by atoms with E-state index in [-0.39, 0.29) is 29.4 Å². The molecule has 5 nitrogen and oxygen atoms in total. The van der Waals surface area contributed by atoms with Crippen LogP contribution in [0.3, 0.4) is 0 Å². The van der Waals surface area contributed by atoms with Crippen molar-refractivity contribution in [3.8, 4) is 5.75 Å². The third kappa shape index (κ3) is 3.80. The average molecular weight is 402 g/mol. The first-order chi connectivity index (χ1) is 14.4. The third-order valence-electron chi connectivity index (χ3n) is 5.70. The minimum Gasteiger partial charge on any atom is -0.490 e. The van der Waals surface area contributed by atoms with E-state index in [2.05, 4.69) is 25.4 Å². The van der Waals surface area contributed by atoms with Gasteiger partial charge in [-0.15, -0.1) is 0 Å². The summed E-state index contributed by atoms with van der Waals surface area (Å²) in [6.45, 7) is 8.25. The molecule has 1 atom stereocenters. The average Bonchev–Trinajstić information content (AvgIpc) is 2.71. The molecule has 0 radical (unpaired) electrons. The fraction of sp³-hybridized carbons (Fsp3) is 0.320. The Morgan fingerprint density at radius 3 is 2.63 bits per heavy atom. The number of benzene rings is 1. The second-order valence-electron chi connectivity index (χ2n) is 8.67. The van der Waals surface area contributed by atoms with Gasteiger partial charge in [-0.05, 0) is 41.7 Å². The lowest BCUT2D eigenvalue weighted by Gasteiger charge is -2.42. The highest BCUT2D eigenvalue weighted by Gasteiger charge is 2.44. The van der Waals surface area contributed by atoms with Crippen LogP contribution in [0, 0.1) is 5.41 Å². The van der Waals surface area contributed by atoms with Gasteiger partial charge in [0, 0.05) is 36.2 Å². The maximum absolute atomic E-state index is 13.3. The van der Waals surface area contributed by atoms with Gasteiger partial charge in [0.25, 0.3) is 0 Å². The maximum atomic E-state index is 13.3. The molecule has 2 aliphatic rings. The number of rotatable bonds is 5. The molecule has 0 fully saturated rings. The number of allylic oxidation sites excluding steroid dienone is 2. The van der Waals surface area contributed by atoms with Crippen LogP contribution < -0.4 is 9.64 Å². The van der Waals surface area contributed by atoms with Crippen LogP contribution in [0.15, 0.2) is 72.7 Å². The fourth-order valence-electron chi connectivity index (χ4n) is 4.44. The number of hydrogen-bond acceptors (Lipinski definition) is 4. The molecule has 1 unspecified atom stereocenters. The van der Waals surface area contributed by atoms with Crippen LogP contribution in [0.1, 0.15) is 44.6 Å². The normalized spacial score (nSPS) is 20.7. The van der Waals surface area contributed by atoms with Gasteiger partial charge in [-0.3, -0.25) is 19.5 Å². The number of Topliss-reactive ketones (excluding diaryl/α,β-unsaturated/α-hetero) is 1. The molecule has 0 N–H and O–H groups in total. The highest BCUT2D eigenvalue weighted by molar-refractivity contribution is 6.07. The summed E-state index contributed by atoms with van der Waals surface area (Å²) in [7, 11) is 0. The second kappa shape index (κ2) is 7.90. The molecule has 154 valence electrons. The summed E-state index contributed by atoms with van der Waals surface area (Å²) in [5.41, 5.74) is 3.06. The number of pyridine rings is 1. The number of ether oxygens (including phenoxy) is 1. The number of aromatic nitrogens is 1. The third-order valence-corrected chi connectivity index (χ3v) is 5.70. The van der Waals surface area contributed by atoms with Crippen molar-refractivity contribution in [2.24, 2.45) is 5.41 Å². The highest BCUT2D eigenvalue weighted by Crippen LogP contribution is 2.48. The van der Waals surface area contributed by atoms with Crippen molar-refractivity contribution in [2.45, 2.75) is 39.0 Å². The first-order valence-corrected chi connectivity index (χ1v) is 10.2. The molecule has 0 saturated carbocycles. The molecular formula is C25H26N2O3. The van der Waals surface area contributed by atoms with Crippen LogP contribution in [0.2, 0.25) is 0 Å². The van der Waals surface area contributed by atoms with Gasteiger partial charge in [-0.2, -0.15) is 0 Å². The van der Waals surface area contributed by atoms with Gasteiger partial charge in [0.05, 0.1) is 11.9 Å². The first kappa shape index (κ1) is 20.1. The van der Waals surface area contributed by atoms with Crippen molar-refractivity contribution in [2.75, 3.05) is 11.5 Å². The molecule has 2 aromatic rings. The van der Waals surface area contributed by atoms with Gasteiger partial charge in [-0.25, -0.2) is 0 Å². The van der Waals surface area contributed by atoms with Crippen molar-refractivity contribution < 1.29 is 14.3 Å². The maximum Gasteiger partial charge on any atom is 0.232 e. The van der Waals surface area contributed by atoms with E-state index >= 15 is 0 Å². The number of anilines is 1. The van der Waals surface area contributed by atoms with Crippen LogP contribution in [-0.2, 0) is 9.59 Å². The van der Waals surface area contributed by atoms with E-state index in [1.54, 1.807) is 23.4 Å². The van der Waals surface area contributed by atoms with Gasteiger partial charge in [0.15, 0.2) is 5.78 Å². The summed E-state index contributed by atoms with van der Waals surface area (Å²) in [4.78, 5) is 32.4. The summed E-state index contributed by atoms with van der Waals surface area (Å²) < 4.78 is 5.57. The van der Waals surface area contributed by atoms with Crippen LogP contribution >= 0.6 is 0 Å². The zero-order valence-corrected chi connectivity index (χ0v) is 17.4. The summed E-state index contributed by atoms with van der Waals surface area (Å²) in [6, 6.07) is 11.4. The summed E-state index contributed by atoms with van der Waals surface area (Å²) >= 11 is 0. The Hall–Kier alpha value is -3.21. The van der Waals surface area contributed by atoms with E-state index in [4.69, 9.17) is 4.74 Å². The first-order valence-electron chi connectivity index (χ1n) is 10.2.